The average Bonchev–Trinajstić information content (AvgIpc) is 1.99. The van der Waals surface area contributed by atoms with Crippen LogP contribution in [0, 0.1) is 5.92 Å². The minimum absolute atomic E-state index is 0.0146. The third-order valence-corrected chi connectivity index (χ3v) is 3.31. The molecule has 98 valence electrons. The van der Waals surface area contributed by atoms with E-state index in [0.717, 1.165) is 6.42 Å². The number of aliphatic hydroxyl groups is 2. The molecule has 0 radical (unpaired) electrons. The van der Waals surface area contributed by atoms with Gasteiger partial charge >= 0.3 is 0 Å². The van der Waals surface area contributed by atoms with Crippen LogP contribution in [0.1, 0.15) is 46.5 Å². The van der Waals surface area contributed by atoms with Gasteiger partial charge in [-0.2, -0.15) is 8.42 Å². The highest BCUT2D eigenvalue weighted by molar-refractivity contribution is 7.86. The van der Waals surface area contributed by atoms with Crippen molar-refractivity contribution in [1.29, 1.82) is 0 Å². The van der Waals surface area contributed by atoms with Gasteiger partial charge < -0.3 is 10.2 Å². The van der Waals surface area contributed by atoms with E-state index < -0.39 is 21.2 Å². The molecule has 0 bridgehead atoms. The van der Waals surface area contributed by atoms with Crippen LogP contribution in [0.5, 0.6) is 0 Å². The zero-order valence-corrected chi connectivity index (χ0v) is 10.9. The summed E-state index contributed by atoms with van der Waals surface area (Å²) in [5.41, 5.74) is -2.42. The molecule has 0 aromatic heterocycles. The molecule has 0 aliphatic rings. The van der Waals surface area contributed by atoms with Gasteiger partial charge in [0.05, 0.1) is 5.60 Å². The maximum atomic E-state index is 10.6. The fourth-order valence-electron chi connectivity index (χ4n) is 1.47. The smallest absolute Gasteiger partial charge is 0.291 e. The van der Waals surface area contributed by atoms with E-state index in [0.29, 0.717) is 12.8 Å². The van der Waals surface area contributed by atoms with E-state index >= 15 is 0 Å². The van der Waals surface area contributed by atoms with Crippen LogP contribution in [-0.2, 0) is 10.1 Å². The predicted molar refractivity (Wildman–Crippen MR) is 61.5 cm³/mol. The Morgan fingerprint density at radius 3 is 2.19 bits per heavy atom. The minimum atomic E-state index is -4.35. The summed E-state index contributed by atoms with van der Waals surface area (Å²) < 4.78 is 29.7. The lowest BCUT2D eigenvalue weighted by atomic mass is 9.95. The molecule has 2 atom stereocenters. The summed E-state index contributed by atoms with van der Waals surface area (Å²) in [7, 11) is -4.35. The van der Waals surface area contributed by atoms with E-state index in [9.17, 15) is 13.5 Å². The molecule has 0 amide bonds. The van der Waals surface area contributed by atoms with E-state index in [1.54, 1.807) is 20.8 Å². The third kappa shape index (κ3) is 8.04. The molecule has 0 aromatic carbocycles. The van der Waals surface area contributed by atoms with E-state index in [2.05, 4.69) is 0 Å². The molecule has 0 heterocycles. The van der Waals surface area contributed by atoms with Gasteiger partial charge in [-0.05, 0) is 32.6 Å². The Labute approximate surface area is 97.2 Å². The van der Waals surface area contributed by atoms with Crippen molar-refractivity contribution in [1.82, 2.24) is 0 Å². The highest BCUT2D eigenvalue weighted by atomic mass is 32.2. The first-order chi connectivity index (χ1) is 7.02. The van der Waals surface area contributed by atoms with Crippen LogP contribution < -0.4 is 0 Å². The summed E-state index contributed by atoms with van der Waals surface area (Å²) in [6.07, 6.45) is 2.10. The quantitative estimate of drug-likeness (QED) is 0.593. The SMILES string of the molecule is C[C@@H](CCCC(C)(C)O)C[C@H](O)S(=O)(=O)O. The zero-order valence-electron chi connectivity index (χ0n) is 10.0. The van der Waals surface area contributed by atoms with Crippen LogP contribution in [0.2, 0.25) is 0 Å². The summed E-state index contributed by atoms with van der Waals surface area (Å²) in [6.45, 7) is 5.23. The monoisotopic (exact) mass is 254 g/mol. The van der Waals surface area contributed by atoms with Crippen molar-refractivity contribution < 1.29 is 23.2 Å². The molecule has 0 saturated heterocycles. The Morgan fingerprint density at radius 2 is 1.81 bits per heavy atom. The van der Waals surface area contributed by atoms with Gasteiger partial charge in [0, 0.05) is 0 Å². The molecule has 3 N–H and O–H groups in total. The van der Waals surface area contributed by atoms with Gasteiger partial charge in [-0.15, -0.1) is 0 Å². The largest absolute Gasteiger partial charge is 0.390 e. The number of hydrogen-bond donors (Lipinski definition) is 3. The highest BCUT2D eigenvalue weighted by Crippen LogP contribution is 2.19. The second-order valence-electron chi connectivity index (χ2n) is 5.02. The van der Waals surface area contributed by atoms with Gasteiger partial charge in [-0.3, -0.25) is 4.55 Å². The van der Waals surface area contributed by atoms with E-state index in [1.807, 2.05) is 0 Å². The van der Waals surface area contributed by atoms with Gasteiger partial charge in [-0.1, -0.05) is 19.8 Å². The maximum Gasteiger partial charge on any atom is 0.291 e. The third-order valence-electron chi connectivity index (χ3n) is 2.43. The Morgan fingerprint density at radius 1 is 1.31 bits per heavy atom. The first-order valence-corrected chi connectivity index (χ1v) is 6.89. The standard InChI is InChI=1S/C10H22O5S/c1-8(5-4-6-10(2,3)12)7-9(11)16(13,14)15/h8-9,11-12H,4-7H2,1-3H3,(H,13,14,15)/t8-,9+/m0/s1. The maximum absolute atomic E-state index is 10.6. The Kier molecular flexibility index (Phi) is 5.89. The van der Waals surface area contributed by atoms with Crippen LogP contribution in [0.15, 0.2) is 0 Å². The molecule has 0 aromatic rings. The highest BCUT2D eigenvalue weighted by Gasteiger charge is 2.22. The first-order valence-electron chi connectivity index (χ1n) is 5.39. The topological polar surface area (TPSA) is 94.8 Å². The predicted octanol–water partition coefficient (Wildman–Crippen LogP) is 1.16. The fraction of sp³-hybridized carbons (Fsp3) is 1.00. The molecule has 16 heavy (non-hydrogen) atoms. The number of hydrogen-bond acceptors (Lipinski definition) is 4. The van der Waals surface area contributed by atoms with Crippen molar-refractivity contribution in [3.05, 3.63) is 0 Å². The van der Waals surface area contributed by atoms with Crippen molar-refractivity contribution in [2.75, 3.05) is 0 Å². The molecule has 0 aliphatic carbocycles. The van der Waals surface area contributed by atoms with Crippen molar-refractivity contribution in [3.8, 4) is 0 Å². The molecule has 5 nitrogen and oxygen atoms in total. The lowest BCUT2D eigenvalue weighted by Crippen LogP contribution is -2.23. The normalized spacial score (nSPS) is 17.1. The Bertz CT molecular complexity index is 291. The summed E-state index contributed by atoms with van der Waals surface area (Å²) in [5, 5.41) is 18.6. The van der Waals surface area contributed by atoms with Crippen LogP contribution in [0.25, 0.3) is 0 Å². The fourth-order valence-corrected chi connectivity index (χ4v) is 2.04. The lowest BCUT2D eigenvalue weighted by Gasteiger charge is -2.19. The van der Waals surface area contributed by atoms with Gasteiger partial charge in [0.2, 0.25) is 0 Å². The Hall–Kier alpha value is -0.170. The zero-order chi connectivity index (χ0) is 13.0. The van der Waals surface area contributed by atoms with E-state index in [1.165, 1.54) is 0 Å². The van der Waals surface area contributed by atoms with Gasteiger partial charge in [0.1, 0.15) is 0 Å². The summed E-state index contributed by atoms with van der Waals surface area (Å²) in [5.74, 6) is -0.0146. The summed E-state index contributed by atoms with van der Waals surface area (Å²) >= 11 is 0. The average molecular weight is 254 g/mol. The van der Waals surface area contributed by atoms with Gasteiger partial charge in [0.15, 0.2) is 5.44 Å². The van der Waals surface area contributed by atoms with Crippen molar-refractivity contribution in [3.63, 3.8) is 0 Å². The van der Waals surface area contributed by atoms with Crippen LogP contribution in [-0.4, -0.2) is 34.2 Å². The van der Waals surface area contributed by atoms with Crippen LogP contribution >= 0.6 is 0 Å². The van der Waals surface area contributed by atoms with Crippen LogP contribution in [0.3, 0.4) is 0 Å². The number of rotatable bonds is 7. The summed E-state index contributed by atoms with van der Waals surface area (Å²) in [6, 6.07) is 0. The minimum Gasteiger partial charge on any atom is -0.390 e. The van der Waals surface area contributed by atoms with Crippen LogP contribution in [0.4, 0.5) is 0 Å². The molecule has 0 saturated carbocycles. The molecule has 0 rings (SSSR count). The summed E-state index contributed by atoms with van der Waals surface area (Å²) in [4.78, 5) is 0. The molecule has 0 unspecified atom stereocenters. The molecular weight excluding hydrogens is 232 g/mol. The molecule has 0 fully saturated rings. The van der Waals surface area contributed by atoms with E-state index in [4.69, 9.17) is 9.66 Å². The first kappa shape index (κ1) is 15.8. The van der Waals surface area contributed by atoms with E-state index in [-0.39, 0.29) is 12.3 Å². The van der Waals surface area contributed by atoms with Crippen molar-refractivity contribution in [2.45, 2.75) is 57.5 Å². The second-order valence-corrected chi connectivity index (χ2v) is 6.59. The van der Waals surface area contributed by atoms with Crippen molar-refractivity contribution in [2.24, 2.45) is 5.92 Å². The number of aliphatic hydroxyl groups excluding tert-OH is 1. The van der Waals surface area contributed by atoms with Crippen molar-refractivity contribution >= 4 is 10.1 Å². The van der Waals surface area contributed by atoms with Gasteiger partial charge in [0.25, 0.3) is 10.1 Å². The Balaban J connectivity index is 3.88. The van der Waals surface area contributed by atoms with Gasteiger partial charge in [-0.25, -0.2) is 0 Å². The second kappa shape index (κ2) is 5.95. The lowest BCUT2D eigenvalue weighted by molar-refractivity contribution is 0.0664. The molecule has 6 heteroatoms. The molecule has 0 aliphatic heterocycles. The molecule has 0 spiro atoms. The molecular formula is C10H22O5S.